The fourth-order valence-electron chi connectivity index (χ4n) is 2.27. The number of aromatic nitrogens is 1. The summed E-state index contributed by atoms with van der Waals surface area (Å²) in [6, 6.07) is 3.16. The number of H-pyrrole nitrogens is 1. The van der Waals surface area contributed by atoms with Crippen molar-refractivity contribution in [3.8, 4) is 0 Å². The predicted molar refractivity (Wildman–Crippen MR) is 87.0 cm³/mol. The molecule has 9 heteroatoms. The summed E-state index contributed by atoms with van der Waals surface area (Å²) in [7, 11) is 0. The number of amides is 2. The molecule has 118 valence electrons. The molecule has 0 saturated carbocycles. The molecular weight excluding hydrogens is 386 g/mol. The van der Waals surface area contributed by atoms with Crippen LogP contribution in [0.4, 0.5) is 0 Å². The van der Waals surface area contributed by atoms with Crippen LogP contribution in [0, 0.1) is 0 Å². The lowest BCUT2D eigenvalue weighted by atomic mass is 10.1. The Labute approximate surface area is 150 Å². The molecule has 0 fully saturated rings. The third kappa shape index (κ3) is 2.44. The van der Waals surface area contributed by atoms with Crippen molar-refractivity contribution in [1.82, 2.24) is 9.88 Å². The van der Waals surface area contributed by atoms with Crippen molar-refractivity contribution in [2.75, 3.05) is 6.54 Å². The number of halogens is 4. The van der Waals surface area contributed by atoms with Gasteiger partial charge in [0.25, 0.3) is 11.8 Å². The van der Waals surface area contributed by atoms with Crippen LogP contribution in [0.3, 0.4) is 0 Å². The van der Waals surface area contributed by atoms with Crippen molar-refractivity contribution in [2.45, 2.75) is 0 Å². The van der Waals surface area contributed by atoms with Gasteiger partial charge < -0.3 is 4.98 Å². The third-order valence-corrected chi connectivity index (χ3v) is 5.19. The van der Waals surface area contributed by atoms with Gasteiger partial charge in [-0.15, -0.1) is 0 Å². The van der Waals surface area contributed by atoms with Gasteiger partial charge in [-0.25, -0.2) is 0 Å². The Morgan fingerprint density at radius 1 is 0.957 bits per heavy atom. The summed E-state index contributed by atoms with van der Waals surface area (Å²) >= 11 is 23.8. The fraction of sp³-hybridized carbons (Fsp3) is 0.0714. The predicted octanol–water partition coefficient (Wildman–Crippen LogP) is 4.11. The molecule has 0 spiro atoms. The Balaban J connectivity index is 2.03. The zero-order chi connectivity index (χ0) is 16.9. The molecule has 0 unspecified atom stereocenters. The van der Waals surface area contributed by atoms with Gasteiger partial charge in [-0.1, -0.05) is 46.4 Å². The van der Waals surface area contributed by atoms with E-state index < -0.39 is 24.1 Å². The van der Waals surface area contributed by atoms with E-state index in [4.69, 9.17) is 46.4 Å². The number of Topliss-reactive ketones (excluding diaryl/α,β-unsaturated/α-hetero) is 1. The highest BCUT2D eigenvalue weighted by Gasteiger charge is 2.42. The number of nitrogens with zero attached hydrogens (tertiary/aromatic N) is 1. The van der Waals surface area contributed by atoms with Crippen LogP contribution in [0.25, 0.3) is 0 Å². The molecule has 0 radical (unpaired) electrons. The standard InChI is InChI=1S/C14H6Cl4N2O3/c15-9-7-8(10(16)12(18)11(9)17)14(23)20(13(7)22)4-6(21)5-2-1-3-19-5/h1-3,19H,4H2. The Morgan fingerprint density at radius 2 is 1.48 bits per heavy atom. The highest BCUT2D eigenvalue weighted by atomic mass is 35.5. The summed E-state index contributed by atoms with van der Waals surface area (Å²) in [6.45, 7) is -0.450. The molecule has 3 rings (SSSR count). The van der Waals surface area contributed by atoms with Crippen molar-refractivity contribution in [1.29, 1.82) is 0 Å². The lowest BCUT2D eigenvalue weighted by Crippen LogP contribution is -2.35. The van der Waals surface area contributed by atoms with Crippen LogP contribution in [0.5, 0.6) is 0 Å². The maximum absolute atomic E-state index is 12.4. The van der Waals surface area contributed by atoms with E-state index in [2.05, 4.69) is 4.98 Å². The number of imide groups is 1. The highest BCUT2D eigenvalue weighted by Crippen LogP contribution is 2.44. The lowest BCUT2D eigenvalue weighted by Gasteiger charge is -2.12. The van der Waals surface area contributed by atoms with Gasteiger partial charge in [0, 0.05) is 6.20 Å². The quantitative estimate of drug-likeness (QED) is 0.370. The first-order valence-corrected chi connectivity index (χ1v) is 7.74. The first-order chi connectivity index (χ1) is 10.8. The second kappa shape index (κ2) is 5.83. The van der Waals surface area contributed by atoms with Crippen LogP contribution in [0.1, 0.15) is 31.2 Å². The molecule has 23 heavy (non-hydrogen) atoms. The van der Waals surface area contributed by atoms with E-state index in [9.17, 15) is 14.4 Å². The van der Waals surface area contributed by atoms with E-state index in [0.717, 1.165) is 4.90 Å². The maximum atomic E-state index is 12.4. The second-order valence-corrected chi connectivity index (χ2v) is 6.22. The molecule has 2 aromatic rings. The average molecular weight is 392 g/mol. The number of aromatic amines is 1. The minimum atomic E-state index is -0.740. The lowest BCUT2D eigenvalue weighted by molar-refractivity contribution is 0.0623. The molecule has 1 aromatic heterocycles. The smallest absolute Gasteiger partial charge is 0.263 e. The van der Waals surface area contributed by atoms with Crippen LogP contribution in [-0.4, -0.2) is 34.0 Å². The number of fused-ring (bicyclic) bond motifs is 1. The highest BCUT2D eigenvalue weighted by molar-refractivity contribution is 6.55. The van der Waals surface area contributed by atoms with E-state index in [1.807, 2.05) is 0 Å². The van der Waals surface area contributed by atoms with Gasteiger partial charge in [0.15, 0.2) is 5.78 Å². The zero-order valence-corrected chi connectivity index (χ0v) is 14.1. The minimum absolute atomic E-state index is 0.115. The number of nitrogens with one attached hydrogen (secondary N) is 1. The molecule has 1 aliphatic rings. The summed E-state index contributed by atoms with van der Waals surface area (Å²) in [4.78, 5) is 40.5. The normalized spacial score (nSPS) is 13.7. The van der Waals surface area contributed by atoms with Crippen molar-refractivity contribution < 1.29 is 14.4 Å². The van der Waals surface area contributed by atoms with E-state index in [1.54, 1.807) is 12.3 Å². The first-order valence-electron chi connectivity index (χ1n) is 6.23. The molecule has 2 amide bonds. The number of carbonyl (C=O) groups is 3. The Morgan fingerprint density at radius 3 is 1.91 bits per heavy atom. The summed E-state index contributed by atoms with van der Waals surface area (Å²) in [5.74, 6) is -1.92. The van der Waals surface area contributed by atoms with Crippen LogP contribution in [0.15, 0.2) is 18.3 Å². The van der Waals surface area contributed by atoms with Gasteiger partial charge in [0.05, 0.1) is 43.5 Å². The monoisotopic (exact) mass is 390 g/mol. The molecular formula is C14H6Cl4N2O3. The van der Waals surface area contributed by atoms with Crippen molar-refractivity contribution in [3.05, 3.63) is 55.2 Å². The molecule has 1 aliphatic heterocycles. The van der Waals surface area contributed by atoms with Gasteiger partial charge in [-0.05, 0) is 12.1 Å². The number of hydrogen-bond acceptors (Lipinski definition) is 3. The minimum Gasteiger partial charge on any atom is -0.359 e. The molecule has 0 bridgehead atoms. The topological polar surface area (TPSA) is 70.2 Å². The zero-order valence-electron chi connectivity index (χ0n) is 11.1. The summed E-state index contributed by atoms with van der Waals surface area (Å²) in [5, 5.41) is -0.556. The van der Waals surface area contributed by atoms with Crippen LogP contribution in [-0.2, 0) is 0 Å². The molecule has 1 aromatic carbocycles. The van der Waals surface area contributed by atoms with E-state index >= 15 is 0 Å². The first kappa shape index (κ1) is 16.3. The van der Waals surface area contributed by atoms with Gasteiger partial charge in [0.1, 0.15) is 0 Å². The number of ketones is 1. The SMILES string of the molecule is O=C(CN1C(=O)c2c(Cl)c(Cl)c(Cl)c(Cl)c2C1=O)c1ccc[nH]1. The van der Waals surface area contributed by atoms with Crippen LogP contribution < -0.4 is 0 Å². The average Bonchev–Trinajstić information content (AvgIpc) is 3.13. The molecule has 2 heterocycles. The van der Waals surface area contributed by atoms with Crippen LogP contribution >= 0.6 is 46.4 Å². The summed E-state index contributed by atoms with van der Waals surface area (Å²) < 4.78 is 0. The van der Waals surface area contributed by atoms with Gasteiger partial charge in [0.2, 0.25) is 0 Å². The summed E-state index contributed by atoms with van der Waals surface area (Å²) in [6.07, 6.45) is 1.56. The Kier molecular flexibility index (Phi) is 4.14. The Bertz CT molecular complexity index is 815. The fourth-order valence-corrected chi connectivity index (χ4v) is 3.29. The Hall–Kier alpha value is -1.53. The molecule has 0 aliphatic carbocycles. The number of carbonyl (C=O) groups excluding carboxylic acids is 3. The number of hydrogen-bond donors (Lipinski definition) is 1. The van der Waals surface area contributed by atoms with Crippen molar-refractivity contribution in [2.24, 2.45) is 0 Å². The third-order valence-electron chi connectivity index (χ3n) is 3.39. The van der Waals surface area contributed by atoms with Crippen molar-refractivity contribution >= 4 is 64.0 Å². The van der Waals surface area contributed by atoms with E-state index in [-0.39, 0.29) is 36.9 Å². The van der Waals surface area contributed by atoms with Crippen LogP contribution in [0.2, 0.25) is 20.1 Å². The molecule has 0 saturated heterocycles. The summed E-state index contributed by atoms with van der Waals surface area (Å²) in [5.41, 5.74) is -0.0134. The largest absolute Gasteiger partial charge is 0.359 e. The van der Waals surface area contributed by atoms with Gasteiger partial charge >= 0.3 is 0 Å². The van der Waals surface area contributed by atoms with Gasteiger partial charge in [-0.3, -0.25) is 19.3 Å². The van der Waals surface area contributed by atoms with Gasteiger partial charge in [-0.2, -0.15) is 0 Å². The number of rotatable bonds is 3. The van der Waals surface area contributed by atoms with E-state index in [0.29, 0.717) is 0 Å². The molecule has 1 N–H and O–H groups in total. The van der Waals surface area contributed by atoms with Crippen molar-refractivity contribution in [3.63, 3.8) is 0 Å². The maximum Gasteiger partial charge on any atom is 0.263 e. The molecule has 0 atom stereocenters. The molecule has 5 nitrogen and oxygen atoms in total. The number of benzene rings is 1. The van der Waals surface area contributed by atoms with E-state index in [1.165, 1.54) is 6.07 Å². The second-order valence-electron chi connectivity index (χ2n) is 4.71.